The summed E-state index contributed by atoms with van der Waals surface area (Å²) in [6.07, 6.45) is 9.38. The van der Waals surface area contributed by atoms with E-state index in [1.54, 1.807) is 0 Å². The van der Waals surface area contributed by atoms with E-state index in [0.29, 0.717) is 12.7 Å². The van der Waals surface area contributed by atoms with Crippen molar-refractivity contribution in [3.63, 3.8) is 0 Å². The Morgan fingerprint density at radius 3 is 2.63 bits per heavy atom. The zero-order valence-electron chi connectivity index (χ0n) is 12.1. The number of rotatable bonds is 7. The molecule has 2 rings (SSSR count). The predicted octanol–water partition coefficient (Wildman–Crippen LogP) is 4.02. The molecule has 1 heterocycles. The van der Waals surface area contributed by atoms with Crippen molar-refractivity contribution < 1.29 is 9.15 Å². The predicted molar refractivity (Wildman–Crippen MR) is 77.0 cm³/mol. The Balaban J connectivity index is 1.70. The number of hydrogen-bond donors (Lipinski definition) is 1. The van der Waals surface area contributed by atoms with Crippen molar-refractivity contribution in [1.82, 2.24) is 5.32 Å². The van der Waals surface area contributed by atoms with Gasteiger partial charge in [0.15, 0.2) is 0 Å². The van der Waals surface area contributed by atoms with Crippen LogP contribution < -0.4 is 5.32 Å². The van der Waals surface area contributed by atoms with Crippen molar-refractivity contribution in [2.75, 3.05) is 6.54 Å². The van der Waals surface area contributed by atoms with E-state index in [-0.39, 0.29) is 0 Å². The van der Waals surface area contributed by atoms with E-state index in [4.69, 9.17) is 9.15 Å². The maximum atomic E-state index is 5.97. The Hall–Kier alpha value is -0.800. The Bertz CT molecular complexity index is 340. The fraction of sp³-hybridized carbons (Fsp3) is 0.750. The van der Waals surface area contributed by atoms with Gasteiger partial charge in [-0.15, -0.1) is 0 Å². The van der Waals surface area contributed by atoms with Crippen LogP contribution in [0.5, 0.6) is 0 Å². The van der Waals surface area contributed by atoms with Crippen LogP contribution in [-0.2, 0) is 17.9 Å². The molecule has 1 saturated carbocycles. The SMILES string of the molecule is CCCNCc1ccc(COC2CCCCCC2)o1. The van der Waals surface area contributed by atoms with Crippen molar-refractivity contribution in [1.29, 1.82) is 0 Å². The lowest BCUT2D eigenvalue weighted by Crippen LogP contribution is -2.13. The van der Waals surface area contributed by atoms with Crippen LogP contribution in [0.15, 0.2) is 16.5 Å². The molecule has 1 N–H and O–H groups in total. The lowest BCUT2D eigenvalue weighted by Gasteiger charge is -2.14. The van der Waals surface area contributed by atoms with E-state index in [1.165, 1.54) is 38.5 Å². The van der Waals surface area contributed by atoms with E-state index in [9.17, 15) is 0 Å². The molecule has 0 atom stereocenters. The topological polar surface area (TPSA) is 34.4 Å². The fourth-order valence-electron chi connectivity index (χ4n) is 2.59. The maximum Gasteiger partial charge on any atom is 0.129 e. The second-order valence-electron chi connectivity index (χ2n) is 5.47. The summed E-state index contributed by atoms with van der Waals surface area (Å²) in [5.41, 5.74) is 0. The largest absolute Gasteiger partial charge is 0.462 e. The minimum Gasteiger partial charge on any atom is -0.462 e. The van der Waals surface area contributed by atoms with E-state index < -0.39 is 0 Å². The summed E-state index contributed by atoms with van der Waals surface area (Å²) >= 11 is 0. The summed E-state index contributed by atoms with van der Waals surface area (Å²) in [5, 5.41) is 3.34. The van der Waals surface area contributed by atoms with Crippen LogP contribution in [0.25, 0.3) is 0 Å². The van der Waals surface area contributed by atoms with Gasteiger partial charge < -0.3 is 14.5 Å². The molecule has 0 bridgehead atoms. The standard InChI is InChI=1S/C16H27NO2/c1-2-11-17-12-15-9-10-16(19-15)13-18-14-7-5-3-4-6-8-14/h9-10,14,17H,2-8,11-13H2,1H3. The summed E-state index contributed by atoms with van der Waals surface area (Å²) in [5.74, 6) is 1.96. The van der Waals surface area contributed by atoms with Gasteiger partial charge in [0.05, 0.1) is 12.6 Å². The van der Waals surface area contributed by atoms with Gasteiger partial charge >= 0.3 is 0 Å². The van der Waals surface area contributed by atoms with E-state index in [2.05, 4.69) is 18.3 Å². The minimum absolute atomic E-state index is 0.439. The fourth-order valence-corrected chi connectivity index (χ4v) is 2.59. The molecular weight excluding hydrogens is 238 g/mol. The van der Waals surface area contributed by atoms with Gasteiger partial charge in [-0.1, -0.05) is 32.6 Å². The molecule has 0 aliphatic heterocycles. The highest BCUT2D eigenvalue weighted by molar-refractivity contribution is 5.06. The van der Waals surface area contributed by atoms with Crippen molar-refractivity contribution in [2.45, 2.75) is 71.1 Å². The van der Waals surface area contributed by atoms with Crippen LogP contribution in [0, 0.1) is 0 Å². The van der Waals surface area contributed by atoms with Crippen molar-refractivity contribution >= 4 is 0 Å². The van der Waals surface area contributed by atoms with E-state index in [1.807, 2.05) is 6.07 Å². The summed E-state index contributed by atoms with van der Waals surface area (Å²) in [7, 11) is 0. The zero-order valence-corrected chi connectivity index (χ0v) is 12.1. The molecule has 1 fully saturated rings. The highest BCUT2D eigenvalue weighted by Gasteiger charge is 2.13. The lowest BCUT2D eigenvalue weighted by molar-refractivity contribution is 0.0215. The molecule has 0 radical (unpaired) electrons. The third-order valence-electron chi connectivity index (χ3n) is 3.71. The quantitative estimate of drug-likeness (QED) is 0.597. The molecule has 1 aromatic rings. The smallest absolute Gasteiger partial charge is 0.129 e. The first-order chi connectivity index (χ1) is 9.38. The van der Waals surface area contributed by atoms with Crippen LogP contribution in [0.1, 0.15) is 63.4 Å². The molecule has 1 aliphatic rings. The summed E-state index contributed by atoms with van der Waals surface area (Å²) in [6, 6.07) is 4.09. The van der Waals surface area contributed by atoms with Gasteiger partial charge in [0.1, 0.15) is 18.1 Å². The Kier molecular flexibility index (Phi) is 6.45. The first-order valence-electron chi connectivity index (χ1n) is 7.78. The van der Waals surface area contributed by atoms with Crippen LogP contribution in [0.3, 0.4) is 0 Å². The van der Waals surface area contributed by atoms with Crippen molar-refractivity contribution in [3.8, 4) is 0 Å². The molecule has 3 heteroatoms. The first kappa shape index (κ1) is 14.6. The molecule has 0 unspecified atom stereocenters. The van der Waals surface area contributed by atoms with Gasteiger partial charge in [0.25, 0.3) is 0 Å². The van der Waals surface area contributed by atoms with Gasteiger partial charge in [-0.2, -0.15) is 0 Å². The Morgan fingerprint density at radius 1 is 1.16 bits per heavy atom. The van der Waals surface area contributed by atoms with Crippen molar-refractivity contribution in [2.24, 2.45) is 0 Å². The summed E-state index contributed by atoms with van der Waals surface area (Å²) in [4.78, 5) is 0. The highest BCUT2D eigenvalue weighted by Crippen LogP contribution is 2.21. The van der Waals surface area contributed by atoms with Gasteiger partial charge in [-0.05, 0) is 37.9 Å². The Morgan fingerprint density at radius 2 is 1.89 bits per heavy atom. The molecule has 1 aliphatic carbocycles. The maximum absolute atomic E-state index is 5.97. The second kappa shape index (κ2) is 8.39. The molecule has 0 amide bonds. The molecule has 0 saturated heterocycles. The number of nitrogens with one attached hydrogen (secondary N) is 1. The van der Waals surface area contributed by atoms with E-state index >= 15 is 0 Å². The minimum atomic E-state index is 0.439. The lowest BCUT2D eigenvalue weighted by atomic mass is 10.1. The van der Waals surface area contributed by atoms with Crippen LogP contribution >= 0.6 is 0 Å². The van der Waals surface area contributed by atoms with Crippen molar-refractivity contribution in [3.05, 3.63) is 23.7 Å². The molecule has 1 aromatic heterocycles. The Labute approximate surface area is 116 Å². The van der Waals surface area contributed by atoms with Gasteiger partial charge in [-0.25, -0.2) is 0 Å². The molecule has 3 nitrogen and oxygen atoms in total. The van der Waals surface area contributed by atoms with Crippen LogP contribution in [-0.4, -0.2) is 12.6 Å². The second-order valence-corrected chi connectivity index (χ2v) is 5.47. The molecule has 0 aromatic carbocycles. The van der Waals surface area contributed by atoms with Gasteiger partial charge in [0.2, 0.25) is 0 Å². The molecule has 0 spiro atoms. The molecule has 108 valence electrons. The van der Waals surface area contributed by atoms with Crippen LogP contribution in [0.2, 0.25) is 0 Å². The van der Waals surface area contributed by atoms with Crippen LogP contribution in [0.4, 0.5) is 0 Å². The molecular formula is C16H27NO2. The van der Waals surface area contributed by atoms with Gasteiger partial charge in [-0.3, -0.25) is 0 Å². The number of furan rings is 1. The monoisotopic (exact) mass is 265 g/mol. The third-order valence-corrected chi connectivity index (χ3v) is 3.71. The first-order valence-corrected chi connectivity index (χ1v) is 7.78. The zero-order chi connectivity index (χ0) is 13.3. The average Bonchev–Trinajstić information content (AvgIpc) is 2.71. The molecule has 19 heavy (non-hydrogen) atoms. The van der Waals surface area contributed by atoms with Gasteiger partial charge in [0, 0.05) is 0 Å². The highest BCUT2D eigenvalue weighted by atomic mass is 16.5. The normalized spacial score (nSPS) is 17.5. The van der Waals surface area contributed by atoms with E-state index in [0.717, 1.165) is 31.0 Å². The number of ether oxygens (including phenoxy) is 1. The summed E-state index contributed by atoms with van der Waals surface area (Å²) in [6.45, 7) is 4.64. The average molecular weight is 265 g/mol. The number of hydrogen-bond acceptors (Lipinski definition) is 3. The summed E-state index contributed by atoms with van der Waals surface area (Å²) < 4.78 is 11.7. The third kappa shape index (κ3) is 5.37.